The Labute approximate surface area is 176 Å². The highest BCUT2D eigenvalue weighted by atomic mass is 16.6. The quantitative estimate of drug-likeness (QED) is 0.444. The van der Waals surface area contributed by atoms with E-state index in [4.69, 9.17) is 4.74 Å². The van der Waals surface area contributed by atoms with Crippen molar-refractivity contribution in [2.45, 2.75) is 27.3 Å². The Morgan fingerprint density at radius 3 is 2.42 bits per heavy atom. The number of nitro groups is 2. The summed E-state index contributed by atoms with van der Waals surface area (Å²) in [5.74, 6) is 0.179. The number of non-ortho nitro benzene ring substituents is 1. The van der Waals surface area contributed by atoms with Crippen LogP contribution in [0, 0.1) is 41.0 Å². The molecule has 0 atom stereocenters. The number of benzene rings is 2. The Morgan fingerprint density at radius 2 is 1.77 bits per heavy atom. The van der Waals surface area contributed by atoms with Crippen molar-refractivity contribution in [1.82, 2.24) is 9.78 Å². The molecule has 2 aromatic carbocycles. The van der Waals surface area contributed by atoms with Gasteiger partial charge in [-0.2, -0.15) is 5.10 Å². The van der Waals surface area contributed by atoms with Crippen molar-refractivity contribution in [3.05, 3.63) is 79.6 Å². The second-order valence-corrected chi connectivity index (χ2v) is 6.98. The summed E-state index contributed by atoms with van der Waals surface area (Å²) in [5.41, 5.74) is 2.53. The first kappa shape index (κ1) is 21.4. The molecule has 3 aromatic rings. The second-order valence-electron chi connectivity index (χ2n) is 6.98. The van der Waals surface area contributed by atoms with Crippen LogP contribution in [0.2, 0.25) is 0 Å². The molecule has 11 nitrogen and oxygen atoms in total. The Morgan fingerprint density at radius 1 is 1.06 bits per heavy atom. The number of aromatic nitrogens is 2. The van der Waals surface area contributed by atoms with Gasteiger partial charge in [-0.25, -0.2) is 0 Å². The number of nitrogens with one attached hydrogen (secondary N) is 1. The molecule has 0 bridgehead atoms. The SMILES string of the molecule is Cc1cc(C)c(C)c(Oc2cc(NC(=O)Cn3cc([N+](=O)[O-])cn3)cc([N+](=O)[O-])c2)c1. The molecule has 0 unspecified atom stereocenters. The van der Waals surface area contributed by atoms with Crippen LogP contribution in [-0.2, 0) is 11.3 Å². The van der Waals surface area contributed by atoms with E-state index in [1.807, 2.05) is 32.9 Å². The lowest BCUT2D eigenvalue weighted by Gasteiger charge is -2.13. The topological polar surface area (TPSA) is 142 Å². The second kappa shape index (κ2) is 8.61. The van der Waals surface area contributed by atoms with Crippen LogP contribution in [0.25, 0.3) is 0 Å². The molecule has 0 aliphatic rings. The molecule has 160 valence electrons. The molecule has 1 heterocycles. The molecule has 0 radical (unpaired) electrons. The van der Waals surface area contributed by atoms with Crippen molar-refractivity contribution >= 4 is 23.0 Å². The molecular formula is C20H19N5O6. The average Bonchev–Trinajstić information content (AvgIpc) is 3.14. The van der Waals surface area contributed by atoms with Gasteiger partial charge in [0.2, 0.25) is 5.91 Å². The van der Waals surface area contributed by atoms with Gasteiger partial charge in [-0.15, -0.1) is 0 Å². The van der Waals surface area contributed by atoms with Gasteiger partial charge in [-0.1, -0.05) is 6.07 Å². The fourth-order valence-electron chi connectivity index (χ4n) is 2.93. The molecule has 0 fully saturated rings. The summed E-state index contributed by atoms with van der Waals surface area (Å²) in [4.78, 5) is 33.1. The molecule has 11 heteroatoms. The van der Waals surface area contributed by atoms with Crippen LogP contribution in [0.15, 0.2) is 42.7 Å². The number of hydrogen-bond acceptors (Lipinski definition) is 7. The maximum atomic E-state index is 12.3. The van der Waals surface area contributed by atoms with Crippen LogP contribution in [0.5, 0.6) is 11.5 Å². The fourth-order valence-corrected chi connectivity index (χ4v) is 2.93. The summed E-state index contributed by atoms with van der Waals surface area (Å²) >= 11 is 0. The highest BCUT2D eigenvalue weighted by Gasteiger charge is 2.16. The maximum absolute atomic E-state index is 12.3. The molecule has 0 saturated carbocycles. The number of amides is 1. The molecule has 0 aliphatic heterocycles. The van der Waals surface area contributed by atoms with Crippen molar-refractivity contribution < 1.29 is 19.4 Å². The van der Waals surface area contributed by atoms with E-state index in [1.165, 1.54) is 18.2 Å². The molecule has 0 spiro atoms. The minimum atomic E-state index is -0.624. The van der Waals surface area contributed by atoms with E-state index in [0.717, 1.165) is 33.8 Å². The molecule has 0 saturated heterocycles. The van der Waals surface area contributed by atoms with E-state index in [2.05, 4.69) is 10.4 Å². The normalized spacial score (nSPS) is 10.5. The van der Waals surface area contributed by atoms with Crippen molar-refractivity contribution in [1.29, 1.82) is 0 Å². The third kappa shape index (κ3) is 5.21. The predicted octanol–water partition coefficient (Wildman–Crippen LogP) is 4.06. The first-order valence-corrected chi connectivity index (χ1v) is 9.14. The zero-order chi connectivity index (χ0) is 22.7. The number of carbonyl (C=O) groups is 1. The summed E-state index contributed by atoms with van der Waals surface area (Å²) in [5, 5.41) is 28.3. The van der Waals surface area contributed by atoms with E-state index in [9.17, 15) is 25.0 Å². The molecule has 3 rings (SSSR count). The third-order valence-electron chi connectivity index (χ3n) is 4.51. The number of nitrogens with zero attached hydrogens (tertiary/aromatic N) is 4. The molecule has 1 N–H and O–H groups in total. The van der Waals surface area contributed by atoms with Gasteiger partial charge in [0.15, 0.2) is 0 Å². The number of anilines is 1. The number of rotatable bonds is 7. The van der Waals surface area contributed by atoms with Gasteiger partial charge in [-0.05, 0) is 43.5 Å². The number of aryl methyl sites for hydroxylation is 2. The van der Waals surface area contributed by atoms with E-state index in [0.29, 0.717) is 5.75 Å². The largest absolute Gasteiger partial charge is 0.457 e. The number of hydrogen-bond donors (Lipinski definition) is 1. The predicted molar refractivity (Wildman–Crippen MR) is 111 cm³/mol. The highest BCUT2D eigenvalue weighted by Crippen LogP contribution is 2.33. The summed E-state index contributed by atoms with van der Waals surface area (Å²) < 4.78 is 6.98. The Hall–Kier alpha value is -4.28. The average molecular weight is 425 g/mol. The highest BCUT2D eigenvalue weighted by molar-refractivity contribution is 5.91. The smallest absolute Gasteiger partial charge is 0.307 e. The standard InChI is InChI=1S/C20H19N5O6/c1-12-4-13(2)14(3)19(5-12)31-18-7-15(6-16(8-18)24(27)28)22-20(26)11-23-10-17(9-21-23)25(29)30/h4-10H,11H2,1-3H3,(H,22,26). The molecule has 1 aromatic heterocycles. The fraction of sp³-hybridized carbons (Fsp3) is 0.200. The Bertz CT molecular complexity index is 1190. The van der Waals surface area contributed by atoms with Gasteiger partial charge in [-0.3, -0.25) is 29.7 Å². The van der Waals surface area contributed by atoms with Crippen molar-refractivity contribution in [3.8, 4) is 11.5 Å². The van der Waals surface area contributed by atoms with E-state index in [-0.39, 0.29) is 29.4 Å². The van der Waals surface area contributed by atoms with Crippen LogP contribution >= 0.6 is 0 Å². The number of carbonyl (C=O) groups excluding carboxylic acids is 1. The van der Waals surface area contributed by atoms with Gasteiger partial charge in [0.1, 0.15) is 30.4 Å². The monoisotopic (exact) mass is 425 g/mol. The molecule has 1 amide bonds. The zero-order valence-electron chi connectivity index (χ0n) is 17.0. The van der Waals surface area contributed by atoms with Crippen molar-refractivity contribution in [2.24, 2.45) is 0 Å². The lowest BCUT2D eigenvalue weighted by atomic mass is 10.1. The van der Waals surface area contributed by atoms with Gasteiger partial charge >= 0.3 is 5.69 Å². The summed E-state index contributed by atoms with van der Waals surface area (Å²) in [7, 11) is 0. The van der Waals surface area contributed by atoms with Gasteiger partial charge < -0.3 is 10.1 Å². The van der Waals surface area contributed by atoms with Crippen LogP contribution in [0.1, 0.15) is 16.7 Å². The lowest BCUT2D eigenvalue weighted by molar-refractivity contribution is -0.385. The van der Waals surface area contributed by atoms with E-state index >= 15 is 0 Å². The first-order valence-electron chi connectivity index (χ1n) is 9.14. The summed E-state index contributed by atoms with van der Waals surface area (Å²) in [6, 6.07) is 7.76. The summed E-state index contributed by atoms with van der Waals surface area (Å²) in [6.45, 7) is 5.43. The van der Waals surface area contributed by atoms with Gasteiger partial charge in [0.05, 0.1) is 21.6 Å². The number of ether oxygens (including phenoxy) is 1. The summed E-state index contributed by atoms with van der Waals surface area (Å²) in [6.07, 6.45) is 2.14. The van der Waals surface area contributed by atoms with Crippen LogP contribution in [0.4, 0.5) is 17.1 Å². The van der Waals surface area contributed by atoms with E-state index < -0.39 is 15.8 Å². The van der Waals surface area contributed by atoms with Gasteiger partial charge in [0, 0.05) is 12.1 Å². The molecule has 31 heavy (non-hydrogen) atoms. The first-order chi connectivity index (χ1) is 14.6. The van der Waals surface area contributed by atoms with Crippen LogP contribution in [0.3, 0.4) is 0 Å². The maximum Gasteiger partial charge on any atom is 0.307 e. The number of nitro benzene ring substituents is 1. The van der Waals surface area contributed by atoms with Crippen LogP contribution < -0.4 is 10.1 Å². The molecular weight excluding hydrogens is 406 g/mol. The van der Waals surface area contributed by atoms with Crippen LogP contribution in [-0.4, -0.2) is 25.5 Å². The molecule has 0 aliphatic carbocycles. The zero-order valence-corrected chi connectivity index (χ0v) is 17.0. The Kier molecular flexibility index (Phi) is 5.95. The minimum absolute atomic E-state index is 0.151. The van der Waals surface area contributed by atoms with Crippen molar-refractivity contribution in [2.75, 3.05) is 5.32 Å². The third-order valence-corrected chi connectivity index (χ3v) is 4.51. The van der Waals surface area contributed by atoms with Crippen molar-refractivity contribution in [3.63, 3.8) is 0 Å². The minimum Gasteiger partial charge on any atom is -0.457 e. The Balaban J connectivity index is 1.83. The lowest BCUT2D eigenvalue weighted by Crippen LogP contribution is -2.19. The van der Waals surface area contributed by atoms with Gasteiger partial charge in [0.25, 0.3) is 5.69 Å². The van der Waals surface area contributed by atoms with E-state index in [1.54, 1.807) is 0 Å².